The van der Waals surface area contributed by atoms with Gasteiger partial charge in [0.25, 0.3) is 0 Å². The van der Waals surface area contributed by atoms with Crippen molar-refractivity contribution in [2.75, 3.05) is 32.0 Å². The molecule has 0 bridgehead atoms. The highest BCUT2D eigenvalue weighted by Gasteiger charge is 2.23. The van der Waals surface area contributed by atoms with E-state index in [-0.39, 0.29) is 6.10 Å². The Labute approximate surface area is 129 Å². The van der Waals surface area contributed by atoms with Crippen molar-refractivity contribution in [3.05, 3.63) is 22.2 Å². The van der Waals surface area contributed by atoms with Gasteiger partial charge in [0, 0.05) is 24.8 Å². The molecule has 1 atom stereocenters. The molecule has 4 nitrogen and oxygen atoms in total. The summed E-state index contributed by atoms with van der Waals surface area (Å²) in [7, 11) is 0. The molecule has 20 heavy (non-hydrogen) atoms. The topological polar surface area (TPSA) is 47.7 Å². The number of rotatable bonds is 4. The molecule has 6 heteroatoms. The van der Waals surface area contributed by atoms with Gasteiger partial charge >= 0.3 is 0 Å². The van der Waals surface area contributed by atoms with E-state index >= 15 is 0 Å². The Hall–Kier alpha value is -0.680. The molecular weight excluding hydrogens is 299 g/mol. The van der Waals surface area contributed by atoms with E-state index in [2.05, 4.69) is 18.7 Å². The summed E-state index contributed by atoms with van der Waals surface area (Å²) in [6.07, 6.45) is 0.0239. The molecule has 0 radical (unpaired) electrons. The third kappa shape index (κ3) is 3.92. The first-order valence-electron chi connectivity index (χ1n) is 6.70. The second-order valence-electron chi connectivity index (χ2n) is 5.21. The van der Waals surface area contributed by atoms with Gasteiger partial charge < -0.3 is 15.2 Å². The summed E-state index contributed by atoms with van der Waals surface area (Å²) in [5, 5.41) is 0.845. The van der Waals surface area contributed by atoms with Crippen LogP contribution in [0.15, 0.2) is 12.1 Å². The summed E-state index contributed by atoms with van der Waals surface area (Å²) in [6, 6.07) is 3.76. The third-order valence-electron chi connectivity index (χ3n) is 3.33. The second-order valence-corrected chi connectivity index (χ2v) is 6.02. The molecule has 1 saturated heterocycles. The van der Waals surface area contributed by atoms with Crippen LogP contribution in [0.1, 0.15) is 13.8 Å². The SMILES string of the molecule is CC(C)N1CCOC(COc2c(Cl)cc(N)cc2Cl)C1. The molecule has 1 fully saturated rings. The molecular formula is C14H20Cl2N2O2. The Morgan fingerprint density at radius 1 is 1.40 bits per heavy atom. The molecule has 0 amide bonds. The van der Waals surface area contributed by atoms with Gasteiger partial charge in [0.2, 0.25) is 0 Å². The van der Waals surface area contributed by atoms with Crippen molar-refractivity contribution < 1.29 is 9.47 Å². The van der Waals surface area contributed by atoms with Crippen LogP contribution in [0.3, 0.4) is 0 Å². The molecule has 1 unspecified atom stereocenters. The molecule has 1 heterocycles. The number of ether oxygens (including phenoxy) is 2. The molecule has 0 aliphatic carbocycles. The van der Waals surface area contributed by atoms with Gasteiger partial charge in [-0.05, 0) is 26.0 Å². The van der Waals surface area contributed by atoms with Gasteiger partial charge in [-0.25, -0.2) is 0 Å². The van der Waals surface area contributed by atoms with Gasteiger partial charge in [-0.2, -0.15) is 0 Å². The van der Waals surface area contributed by atoms with Crippen LogP contribution in [-0.4, -0.2) is 43.3 Å². The van der Waals surface area contributed by atoms with Crippen LogP contribution >= 0.6 is 23.2 Å². The number of benzene rings is 1. The van der Waals surface area contributed by atoms with Crippen molar-refractivity contribution in [2.45, 2.75) is 26.0 Å². The molecule has 2 rings (SSSR count). The van der Waals surface area contributed by atoms with Gasteiger partial charge in [0.05, 0.1) is 16.7 Å². The average molecular weight is 319 g/mol. The van der Waals surface area contributed by atoms with Crippen LogP contribution in [0.2, 0.25) is 10.0 Å². The van der Waals surface area contributed by atoms with Crippen molar-refractivity contribution in [2.24, 2.45) is 0 Å². The van der Waals surface area contributed by atoms with Gasteiger partial charge in [0.1, 0.15) is 12.7 Å². The number of nitrogen functional groups attached to an aromatic ring is 1. The van der Waals surface area contributed by atoms with E-state index in [0.29, 0.717) is 34.1 Å². The molecule has 1 aliphatic heterocycles. The summed E-state index contributed by atoms with van der Waals surface area (Å²) < 4.78 is 11.4. The standard InChI is InChI=1S/C14H20Cl2N2O2/c1-9(2)18-3-4-19-11(7-18)8-20-14-12(15)5-10(17)6-13(14)16/h5-6,9,11H,3-4,7-8,17H2,1-2H3. The Bertz CT molecular complexity index is 445. The van der Waals surface area contributed by atoms with E-state index in [1.54, 1.807) is 12.1 Å². The maximum Gasteiger partial charge on any atom is 0.156 e. The highest BCUT2D eigenvalue weighted by atomic mass is 35.5. The van der Waals surface area contributed by atoms with Crippen LogP contribution in [0.5, 0.6) is 5.75 Å². The normalized spacial score (nSPS) is 20.4. The first-order valence-corrected chi connectivity index (χ1v) is 7.46. The van der Waals surface area contributed by atoms with Gasteiger partial charge in [-0.15, -0.1) is 0 Å². The Morgan fingerprint density at radius 3 is 2.65 bits per heavy atom. The Kier molecular flexibility index (Phi) is 5.38. The minimum Gasteiger partial charge on any atom is -0.488 e. The minimum atomic E-state index is 0.0239. The monoisotopic (exact) mass is 318 g/mol. The fourth-order valence-corrected chi connectivity index (χ4v) is 2.82. The predicted molar refractivity (Wildman–Crippen MR) is 82.8 cm³/mol. The first kappa shape index (κ1) is 15.7. The molecule has 1 aromatic rings. The van der Waals surface area contributed by atoms with Crippen LogP contribution in [0.4, 0.5) is 5.69 Å². The maximum atomic E-state index is 6.09. The van der Waals surface area contributed by atoms with Crippen molar-refractivity contribution in [3.8, 4) is 5.75 Å². The van der Waals surface area contributed by atoms with E-state index in [9.17, 15) is 0 Å². The van der Waals surface area contributed by atoms with Crippen LogP contribution < -0.4 is 10.5 Å². The van der Waals surface area contributed by atoms with Crippen molar-refractivity contribution in [3.63, 3.8) is 0 Å². The molecule has 1 aliphatic rings. The zero-order chi connectivity index (χ0) is 14.7. The number of halogens is 2. The molecule has 1 aromatic carbocycles. The summed E-state index contributed by atoms with van der Waals surface area (Å²) in [6.45, 7) is 7.30. The lowest BCUT2D eigenvalue weighted by atomic mass is 10.2. The number of anilines is 1. The molecule has 0 aromatic heterocycles. The molecule has 0 spiro atoms. The highest BCUT2D eigenvalue weighted by Crippen LogP contribution is 2.35. The summed E-state index contributed by atoms with van der Waals surface area (Å²) in [5.41, 5.74) is 6.18. The lowest BCUT2D eigenvalue weighted by molar-refractivity contribution is -0.0564. The highest BCUT2D eigenvalue weighted by molar-refractivity contribution is 6.37. The summed E-state index contributed by atoms with van der Waals surface area (Å²) >= 11 is 12.2. The van der Waals surface area contributed by atoms with E-state index in [1.165, 1.54) is 0 Å². The van der Waals surface area contributed by atoms with Crippen LogP contribution in [0, 0.1) is 0 Å². The third-order valence-corrected chi connectivity index (χ3v) is 3.90. The number of nitrogens with zero attached hydrogens (tertiary/aromatic N) is 1. The lowest BCUT2D eigenvalue weighted by Gasteiger charge is -2.35. The van der Waals surface area contributed by atoms with Gasteiger partial charge in [-0.1, -0.05) is 23.2 Å². The van der Waals surface area contributed by atoms with E-state index < -0.39 is 0 Å². The second kappa shape index (κ2) is 6.85. The van der Waals surface area contributed by atoms with Crippen molar-refractivity contribution in [1.29, 1.82) is 0 Å². The quantitative estimate of drug-likeness (QED) is 0.867. The van der Waals surface area contributed by atoms with E-state index in [4.69, 9.17) is 38.4 Å². The first-order chi connectivity index (χ1) is 9.47. The van der Waals surface area contributed by atoms with E-state index in [1.807, 2.05) is 0 Å². The predicted octanol–water partition coefficient (Wildman–Crippen LogP) is 3.06. The van der Waals surface area contributed by atoms with Gasteiger partial charge in [0.15, 0.2) is 5.75 Å². The zero-order valence-electron chi connectivity index (χ0n) is 11.7. The lowest BCUT2D eigenvalue weighted by Crippen LogP contribution is -2.47. The van der Waals surface area contributed by atoms with Crippen LogP contribution in [0.25, 0.3) is 0 Å². The van der Waals surface area contributed by atoms with E-state index in [0.717, 1.165) is 19.7 Å². The Morgan fingerprint density at radius 2 is 2.05 bits per heavy atom. The van der Waals surface area contributed by atoms with Crippen molar-refractivity contribution in [1.82, 2.24) is 4.90 Å². The van der Waals surface area contributed by atoms with Gasteiger partial charge in [-0.3, -0.25) is 4.90 Å². The largest absolute Gasteiger partial charge is 0.488 e. The maximum absolute atomic E-state index is 6.09. The minimum absolute atomic E-state index is 0.0239. The van der Waals surface area contributed by atoms with Crippen molar-refractivity contribution >= 4 is 28.9 Å². The summed E-state index contributed by atoms with van der Waals surface area (Å²) in [4.78, 5) is 2.36. The number of hydrogen-bond donors (Lipinski definition) is 1. The number of nitrogens with two attached hydrogens (primary N) is 1. The fraction of sp³-hybridized carbons (Fsp3) is 0.571. The molecule has 112 valence electrons. The molecule has 2 N–H and O–H groups in total. The Balaban J connectivity index is 1.95. The van der Waals surface area contributed by atoms with Crippen LogP contribution in [-0.2, 0) is 4.74 Å². The number of morpholine rings is 1. The smallest absolute Gasteiger partial charge is 0.156 e. The summed E-state index contributed by atoms with van der Waals surface area (Å²) in [5.74, 6) is 0.466. The fourth-order valence-electron chi connectivity index (χ4n) is 2.21. The zero-order valence-corrected chi connectivity index (χ0v) is 13.2. The number of hydrogen-bond acceptors (Lipinski definition) is 4. The average Bonchev–Trinajstić information content (AvgIpc) is 2.37. The molecule has 0 saturated carbocycles.